The highest BCUT2D eigenvalue weighted by Crippen LogP contribution is 2.29. The van der Waals surface area contributed by atoms with Gasteiger partial charge in [-0.1, -0.05) is 0 Å². The van der Waals surface area contributed by atoms with E-state index in [1.807, 2.05) is 0 Å². The molecule has 0 spiro atoms. The molecule has 0 saturated heterocycles. The fourth-order valence-corrected chi connectivity index (χ4v) is 31.0. The molecule has 0 aromatic carbocycles. The van der Waals surface area contributed by atoms with Crippen molar-refractivity contribution in [3.05, 3.63) is 0 Å². The number of hydrogen-bond donors (Lipinski definition) is 0. The Labute approximate surface area is 166 Å². The molecule has 152 valence electrons. The summed E-state index contributed by atoms with van der Waals surface area (Å²) in [6, 6.07) is 5.01. The number of hydrogen-bond acceptors (Lipinski definition) is 3. The Kier molecular flexibility index (Phi) is 10.6. The minimum Gasteiger partial charge on any atom is -0.458 e. The van der Waals surface area contributed by atoms with Crippen molar-refractivity contribution in [2.24, 2.45) is 0 Å². The van der Waals surface area contributed by atoms with Crippen molar-refractivity contribution < 1.29 is 12.3 Å². The maximum absolute atomic E-state index is 6.86. The molecule has 9 heteroatoms. The third-order valence-electron chi connectivity index (χ3n) is 4.32. The van der Waals surface area contributed by atoms with E-state index in [2.05, 4.69) is 78.6 Å². The van der Waals surface area contributed by atoms with Crippen LogP contribution in [0.1, 0.15) is 0 Å². The molecule has 0 radical (unpaired) electrons. The first-order chi connectivity index (χ1) is 11.0. The molecule has 0 aromatic heterocycles. The maximum Gasteiger partial charge on any atom is 0.173 e. The summed E-state index contributed by atoms with van der Waals surface area (Å²) in [6.07, 6.45) is 0. The summed E-state index contributed by atoms with van der Waals surface area (Å²) in [5, 5.41) is 0. The summed E-state index contributed by atoms with van der Waals surface area (Å²) >= 11 is 0. The average molecular weight is 455 g/mol. The van der Waals surface area contributed by atoms with E-state index >= 15 is 0 Å². The summed E-state index contributed by atoms with van der Waals surface area (Å²) in [7, 11) is -8.07. The van der Waals surface area contributed by atoms with Gasteiger partial charge in [0.05, 0.1) is 0 Å². The summed E-state index contributed by atoms with van der Waals surface area (Å²) in [6.45, 7) is 28.4. The first-order valence-electron chi connectivity index (χ1n) is 10.0. The van der Waals surface area contributed by atoms with E-state index in [0.29, 0.717) is 0 Å². The van der Waals surface area contributed by atoms with Gasteiger partial charge in [0.2, 0.25) is 0 Å². The van der Waals surface area contributed by atoms with Gasteiger partial charge in [-0.05, 0) is 103 Å². The van der Waals surface area contributed by atoms with Crippen molar-refractivity contribution in [2.75, 3.05) is 0 Å². The van der Waals surface area contributed by atoms with Gasteiger partial charge in [0.1, 0.15) is 0 Å². The molecule has 0 fully saturated rings. The molecule has 0 aliphatic carbocycles. The third kappa shape index (κ3) is 13.9. The molecule has 0 aromatic rings. The lowest BCUT2D eigenvalue weighted by atomic mass is 10.9. The SMILES string of the molecule is C[SiH](C)O[Si](C)(C)CC[Si](C)(C)O[Si](C)(C)CC[Si](C)(C)O[SiH](C)C. The van der Waals surface area contributed by atoms with Gasteiger partial charge in [0, 0.05) is 0 Å². The summed E-state index contributed by atoms with van der Waals surface area (Å²) < 4.78 is 19.5. The van der Waals surface area contributed by atoms with Crippen LogP contribution in [-0.2, 0) is 12.3 Å². The average Bonchev–Trinajstić information content (AvgIpc) is 2.30. The molecular weight excluding hydrogens is 409 g/mol. The minimum absolute atomic E-state index is 0.927. The normalized spacial score (nSPS) is 14.6. The van der Waals surface area contributed by atoms with Gasteiger partial charge < -0.3 is 12.3 Å². The van der Waals surface area contributed by atoms with E-state index in [4.69, 9.17) is 12.3 Å². The first kappa shape index (κ1) is 26.2. The lowest BCUT2D eigenvalue weighted by molar-refractivity contribution is 0.529. The quantitative estimate of drug-likeness (QED) is 0.347. The van der Waals surface area contributed by atoms with Crippen molar-refractivity contribution in [2.45, 2.75) is 103 Å². The van der Waals surface area contributed by atoms with Gasteiger partial charge in [-0.3, -0.25) is 0 Å². The van der Waals surface area contributed by atoms with Crippen LogP contribution in [0.4, 0.5) is 0 Å². The zero-order valence-electron chi connectivity index (χ0n) is 19.2. The Balaban J connectivity index is 4.59. The van der Waals surface area contributed by atoms with Crippen LogP contribution in [0.25, 0.3) is 0 Å². The molecule has 0 aliphatic rings. The van der Waals surface area contributed by atoms with Crippen LogP contribution >= 0.6 is 0 Å². The van der Waals surface area contributed by atoms with Crippen molar-refractivity contribution in [3.63, 3.8) is 0 Å². The molecule has 0 rings (SSSR count). The molecule has 0 saturated carbocycles. The fourth-order valence-electron chi connectivity index (χ4n) is 3.45. The van der Waals surface area contributed by atoms with E-state index < -0.39 is 51.4 Å². The zero-order valence-corrected chi connectivity index (χ0v) is 25.5. The Hall–Kier alpha value is 1.18. The van der Waals surface area contributed by atoms with Crippen LogP contribution < -0.4 is 0 Å². The first-order valence-corrected chi connectivity index (χ1v) is 28.0. The van der Waals surface area contributed by atoms with Crippen LogP contribution in [0.5, 0.6) is 0 Å². The topological polar surface area (TPSA) is 27.7 Å². The van der Waals surface area contributed by atoms with Gasteiger partial charge in [0.15, 0.2) is 51.4 Å². The zero-order chi connectivity index (χ0) is 20.1. The second kappa shape index (κ2) is 10.1. The van der Waals surface area contributed by atoms with E-state index in [1.54, 1.807) is 0 Å². The van der Waals surface area contributed by atoms with Crippen molar-refractivity contribution >= 4 is 51.4 Å². The Bertz CT molecular complexity index is 361. The summed E-state index contributed by atoms with van der Waals surface area (Å²) in [4.78, 5) is 0. The van der Waals surface area contributed by atoms with Gasteiger partial charge in [0.25, 0.3) is 0 Å². The molecular formula is C16H46O3Si6. The van der Waals surface area contributed by atoms with E-state index in [1.165, 1.54) is 24.2 Å². The molecule has 0 unspecified atom stereocenters. The highest BCUT2D eigenvalue weighted by molar-refractivity contribution is 6.87. The lowest BCUT2D eigenvalue weighted by Crippen LogP contribution is -2.47. The highest BCUT2D eigenvalue weighted by Gasteiger charge is 2.37. The van der Waals surface area contributed by atoms with E-state index in [9.17, 15) is 0 Å². The largest absolute Gasteiger partial charge is 0.458 e. The van der Waals surface area contributed by atoms with Gasteiger partial charge >= 0.3 is 0 Å². The molecule has 0 heterocycles. The molecule has 0 bridgehead atoms. The molecule has 0 aliphatic heterocycles. The van der Waals surface area contributed by atoms with E-state index in [-0.39, 0.29) is 0 Å². The highest BCUT2D eigenvalue weighted by atomic mass is 28.4. The van der Waals surface area contributed by atoms with Crippen LogP contribution in [0.15, 0.2) is 0 Å². The number of rotatable bonds is 12. The fraction of sp³-hybridized carbons (Fsp3) is 1.00. The van der Waals surface area contributed by atoms with Gasteiger partial charge in [-0.15, -0.1) is 0 Å². The van der Waals surface area contributed by atoms with Gasteiger partial charge in [-0.2, -0.15) is 0 Å². The standard InChI is InChI=1S/C16H46O3Si6/c1-20(2)17-22(5,6)13-15-24(9,10)19-25(11,12)16-14-23(7,8)18-21(3)4/h20-21H,13-16H2,1-12H3. The minimum atomic E-state index is -1.61. The Morgan fingerprint density at radius 2 is 0.720 bits per heavy atom. The van der Waals surface area contributed by atoms with Crippen molar-refractivity contribution in [1.82, 2.24) is 0 Å². The maximum atomic E-state index is 6.86. The van der Waals surface area contributed by atoms with Crippen LogP contribution in [0.2, 0.25) is 103 Å². The van der Waals surface area contributed by atoms with E-state index in [0.717, 1.165) is 0 Å². The smallest absolute Gasteiger partial charge is 0.173 e. The van der Waals surface area contributed by atoms with Crippen LogP contribution in [0, 0.1) is 0 Å². The third-order valence-corrected chi connectivity index (χ3v) is 24.4. The summed E-state index contributed by atoms with van der Waals surface area (Å²) in [5.74, 6) is 0. The Morgan fingerprint density at radius 1 is 0.480 bits per heavy atom. The molecule has 0 atom stereocenters. The van der Waals surface area contributed by atoms with Crippen molar-refractivity contribution in [1.29, 1.82) is 0 Å². The predicted molar refractivity (Wildman–Crippen MR) is 130 cm³/mol. The second-order valence-electron chi connectivity index (χ2n) is 10.5. The Morgan fingerprint density at radius 3 is 0.960 bits per heavy atom. The monoisotopic (exact) mass is 454 g/mol. The van der Waals surface area contributed by atoms with Crippen molar-refractivity contribution in [3.8, 4) is 0 Å². The predicted octanol–water partition coefficient (Wildman–Crippen LogP) is 5.82. The second-order valence-corrected chi connectivity index (χ2v) is 33.4. The summed E-state index contributed by atoms with van der Waals surface area (Å²) in [5.41, 5.74) is 0. The van der Waals surface area contributed by atoms with Crippen LogP contribution in [-0.4, -0.2) is 51.4 Å². The lowest BCUT2D eigenvalue weighted by Gasteiger charge is -2.37. The molecule has 25 heavy (non-hydrogen) atoms. The van der Waals surface area contributed by atoms with Gasteiger partial charge in [-0.25, -0.2) is 0 Å². The van der Waals surface area contributed by atoms with Crippen LogP contribution in [0.3, 0.4) is 0 Å². The molecule has 0 N–H and O–H groups in total. The molecule has 0 amide bonds. The molecule has 3 nitrogen and oxygen atoms in total.